The molecule has 8 nitrogen and oxygen atoms in total. The van der Waals surface area contributed by atoms with E-state index in [1.807, 2.05) is 0 Å². The molecule has 2 rings (SSSR count). The van der Waals surface area contributed by atoms with Crippen LogP contribution in [0.2, 0.25) is 0 Å². The molecule has 108 valence electrons. The van der Waals surface area contributed by atoms with Crippen molar-refractivity contribution in [3.8, 4) is 0 Å². The average Bonchev–Trinajstić information content (AvgIpc) is 2.46. The van der Waals surface area contributed by atoms with Gasteiger partial charge in [-0.25, -0.2) is 9.78 Å². The fourth-order valence-corrected chi connectivity index (χ4v) is 1.66. The third kappa shape index (κ3) is 3.30. The summed E-state index contributed by atoms with van der Waals surface area (Å²) >= 11 is 0. The lowest BCUT2D eigenvalue weighted by Gasteiger charge is -2.05. The first-order chi connectivity index (χ1) is 10.0. The number of nitro benzene ring substituents is 1. The van der Waals surface area contributed by atoms with Gasteiger partial charge in [0.05, 0.1) is 17.0 Å². The van der Waals surface area contributed by atoms with E-state index >= 15 is 0 Å². The Labute approximate surface area is 118 Å². The normalized spacial score (nSPS) is 10.1. The summed E-state index contributed by atoms with van der Waals surface area (Å²) in [7, 11) is 0. The topological polar surface area (TPSA) is 111 Å². The Balaban J connectivity index is 2.23. The van der Waals surface area contributed by atoms with Crippen LogP contribution in [0.5, 0.6) is 0 Å². The van der Waals surface area contributed by atoms with Crippen molar-refractivity contribution in [1.29, 1.82) is 0 Å². The van der Waals surface area contributed by atoms with Crippen LogP contribution in [0, 0.1) is 10.1 Å². The molecule has 0 spiro atoms. The Bertz CT molecular complexity index is 729. The van der Waals surface area contributed by atoms with Gasteiger partial charge in [0.15, 0.2) is 0 Å². The number of rotatable bonds is 3. The van der Waals surface area contributed by atoms with E-state index in [0.717, 1.165) is 0 Å². The molecule has 2 aromatic rings. The van der Waals surface area contributed by atoms with Gasteiger partial charge < -0.3 is 10.1 Å². The van der Waals surface area contributed by atoms with Crippen molar-refractivity contribution < 1.29 is 19.2 Å². The number of benzene rings is 1. The Kier molecular flexibility index (Phi) is 4.07. The molecule has 0 fully saturated rings. The number of hydrogen-bond acceptors (Lipinski definition) is 6. The summed E-state index contributed by atoms with van der Waals surface area (Å²) in [6.07, 6.45) is 0. The van der Waals surface area contributed by atoms with Crippen molar-refractivity contribution in [3.05, 3.63) is 40.4 Å². The lowest BCUT2D eigenvalue weighted by atomic mass is 10.2. The monoisotopic (exact) mass is 289 g/mol. The van der Waals surface area contributed by atoms with Crippen molar-refractivity contribution in [2.24, 2.45) is 0 Å². The van der Waals surface area contributed by atoms with Crippen LogP contribution in [0.25, 0.3) is 10.9 Å². The van der Waals surface area contributed by atoms with E-state index in [9.17, 15) is 19.7 Å². The number of nitrogens with zero attached hydrogens (tertiary/aromatic N) is 2. The number of aromatic nitrogens is 1. The van der Waals surface area contributed by atoms with Gasteiger partial charge in [0.25, 0.3) is 5.69 Å². The number of carbonyl (C=O) groups is 2. The zero-order valence-corrected chi connectivity index (χ0v) is 11.0. The summed E-state index contributed by atoms with van der Waals surface area (Å²) in [4.78, 5) is 36.9. The second kappa shape index (κ2) is 5.95. The molecular weight excluding hydrogens is 278 g/mol. The van der Waals surface area contributed by atoms with Gasteiger partial charge in [-0.1, -0.05) is 0 Å². The smallest absolute Gasteiger partial charge is 0.397 e. The van der Waals surface area contributed by atoms with E-state index in [1.54, 1.807) is 13.0 Å². The van der Waals surface area contributed by atoms with E-state index in [-0.39, 0.29) is 18.1 Å². The van der Waals surface area contributed by atoms with Crippen molar-refractivity contribution in [2.75, 3.05) is 11.9 Å². The first-order valence-electron chi connectivity index (χ1n) is 6.04. The maximum atomic E-state index is 11.5. The number of esters is 1. The number of pyridine rings is 1. The molecule has 0 atom stereocenters. The van der Waals surface area contributed by atoms with Gasteiger partial charge >= 0.3 is 11.9 Å². The van der Waals surface area contributed by atoms with Gasteiger partial charge in [-0.3, -0.25) is 14.9 Å². The molecule has 0 aliphatic rings. The number of hydrogen-bond donors (Lipinski definition) is 1. The maximum absolute atomic E-state index is 11.5. The second-order valence-electron chi connectivity index (χ2n) is 4.01. The Morgan fingerprint density at radius 1 is 1.33 bits per heavy atom. The van der Waals surface area contributed by atoms with Crippen LogP contribution in [0.15, 0.2) is 30.3 Å². The highest BCUT2D eigenvalue weighted by molar-refractivity contribution is 6.37. The van der Waals surface area contributed by atoms with Crippen molar-refractivity contribution in [3.63, 3.8) is 0 Å². The summed E-state index contributed by atoms with van der Waals surface area (Å²) in [5.41, 5.74) is 0.412. The maximum Gasteiger partial charge on any atom is 0.397 e. The first kappa shape index (κ1) is 14.4. The molecular formula is C13H11N3O5. The minimum absolute atomic E-state index is 0.0485. The van der Waals surface area contributed by atoms with Gasteiger partial charge in [0, 0.05) is 17.5 Å². The van der Waals surface area contributed by atoms with Crippen molar-refractivity contribution in [2.45, 2.75) is 6.92 Å². The Hall–Kier alpha value is -3.03. The quantitative estimate of drug-likeness (QED) is 0.398. The van der Waals surface area contributed by atoms with E-state index in [4.69, 9.17) is 0 Å². The molecule has 1 heterocycles. The first-order valence-corrected chi connectivity index (χ1v) is 6.04. The highest BCUT2D eigenvalue weighted by Crippen LogP contribution is 2.21. The number of non-ortho nitro benzene ring substituents is 1. The molecule has 8 heteroatoms. The number of carbonyl (C=O) groups excluding carboxylic acids is 2. The SMILES string of the molecule is CCOC(=O)C(=O)Nc1ccc2cc([N+](=O)[O-])ccc2n1. The third-order valence-corrected chi connectivity index (χ3v) is 2.59. The molecule has 1 N–H and O–H groups in total. The molecule has 0 saturated carbocycles. The molecule has 0 radical (unpaired) electrons. The van der Waals surface area contributed by atoms with E-state index in [0.29, 0.717) is 10.9 Å². The van der Waals surface area contributed by atoms with Crippen molar-refractivity contribution >= 4 is 34.3 Å². The number of ether oxygens (including phenoxy) is 1. The fourth-order valence-electron chi connectivity index (χ4n) is 1.66. The molecule has 1 amide bonds. The predicted molar refractivity (Wildman–Crippen MR) is 73.7 cm³/mol. The zero-order valence-electron chi connectivity index (χ0n) is 11.0. The van der Waals surface area contributed by atoms with Gasteiger partial charge in [-0.15, -0.1) is 0 Å². The van der Waals surface area contributed by atoms with Crippen LogP contribution in [0.1, 0.15) is 6.92 Å². The van der Waals surface area contributed by atoms with Gasteiger partial charge in [0.1, 0.15) is 5.82 Å². The summed E-state index contributed by atoms with van der Waals surface area (Å²) in [5, 5.41) is 13.5. The van der Waals surface area contributed by atoms with Crippen LogP contribution >= 0.6 is 0 Å². The number of fused-ring (bicyclic) bond motifs is 1. The Morgan fingerprint density at radius 3 is 2.76 bits per heavy atom. The van der Waals surface area contributed by atoms with E-state index < -0.39 is 16.8 Å². The zero-order chi connectivity index (χ0) is 15.4. The molecule has 0 unspecified atom stereocenters. The van der Waals surface area contributed by atoms with Crippen LogP contribution < -0.4 is 5.32 Å². The minimum atomic E-state index is -0.997. The van der Waals surface area contributed by atoms with Crippen LogP contribution in [-0.4, -0.2) is 28.4 Å². The summed E-state index contributed by atoms with van der Waals surface area (Å²) < 4.78 is 4.55. The minimum Gasteiger partial charge on any atom is -0.459 e. The summed E-state index contributed by atoms with van der Waals surface area (Å²) in [6, 6.07) is 7.17. The highest BCUT2D eigenvalue weighted by Gasteiger charge is 2.15. The molecule has 0 saturated heterocycles. The lowest BCUT2D eigenvalue weighted by Crippen LogP contribution is -2.25. The van der Waals surface area contributed by atoms with E-state index in [1.165, 1.54) is 24.3 Å². The molecule has 0 aliphatic heterocycles. The molecule has 1 aromatic heterocycles. The Morgan fingerprint density at radius 2 is 2.10 bits per heavy atom. The standard InChI is InChI=1S/C13H11N3O5/c1-2-21-13(18)12(17)15-11-6-3-8-7-9(16(19)20)4-5-10(8)14-11/h3-7H,2H2,1H3,(H,14,15,17). The number of amides is 1. The molecule has 0 aliphatic carbocycles. The number of nitrogens with one attached hydrogen (secondary N) is 1. The number of nitro groups is 1. The fraction of sp³-hybridized carbons (Fsp3) is 0.154. The average molecular weight is 289 g/mol. The lowest BCUT2D eigenvalue weighted by molar-refractivity contribution is -0.384. The van der Waals surface area contributed by atoms with Crippen molar-refractivity contribution in [1.82, 2.24) is 4.98 Å². The van der Waals surface area contributed by atoms with Crippen LogP contribution in [0.4, 0.5) is 11.5 Å². The molecule has 0 bridgehead atoms. The number of anilines is 1. The summed E-state index contributed by atoms with van der Waals surface area (Å²) in [6.45, 7) is 1.69. The van der Waals surface area contributed by atoms with Crippen LogP contribution in [0.3, 0.4) is 0 Å². The summed E-state index contributed by atoms with van der Waals surface area (Å²) in [5.74, 6) is -1.76. The molecule has 1 aromatic carbocycles. The second-order valence-corrected chi connectivity index (χ2v) is 4.01. The van der Waals surface area contributed by atoms with Gasteiger partial charge in [-0.05, 0) is 25.1 Å². The van der Waals surface area contributed by atoms with Gasteiger partial charge in [0.2, 0.25) is 0 Å². The highest BCUT2D eigenvalue weighted by atomic mass is 16.6. The third-order valence-electron chi connectivity index (χ3n) is 2.59. The van der Waals surface area contributed by atoms with Gasteiger partial charge in [-0.2, -0.15) is 0 Å². The van der Waals surface area contributed by atoms with Crippen LogP contribution in [-0.2, 0) is 14.3 Å². The molecule has 21 heavy (non-hydrogen) atoms. The predicted octanol–water partition coefficient (Wildman–Crippen LogP) is 1.64. The van der Waals surface area contributed by atoms with E-state index in [2.05, 4.69) is 15.0 Å². The largest absolute Gasteiger partial charge is 0.459 e.